The average Bonchev–Trinajstić information content (AvgIpc) is 2.67. The van der Waals surface area contributed by atoms with Crippen LogP contribution in [0.4, 0.5) is 17.5 Å². The number of fused-ring (bicyclic) bond motifs is 1. The van der Waals surface area contributed by atoms with E-state index >= 15 is 0 Å². The number of pyridine rings is 1. The Labute approximate surface area is 145 Å². The van der Waals surface area contributed by atoms with E-state index in [1.165, 1.54) is 0 Å². The van der Waals surface area contributed by atoms with Crippen molar-refractivity contribution in [2.75, 3.05) is 23.8 Å². The molecule has 126 valence electrons. The third-order valence-electron chi connectivity index (χ3n) is 3.65. The molecule has 1 aromatic carbocycles. The van der Waals surface area contributed by atoms with Crippen LogP contribution >= 0.6 is 0 Å². The van der Waals surface area contributed by atoms with Crippen LogP contribution in [-0.2, 0) is 6.54 Å². The van der Waals surface area contributed by atoms with E-state index in [1.807, 2.05) is 42.6 Å². The van der Waals surface area contributed by atoms with Gasteiger partial charge in [0.15, 0.2) is 11.5 Å². The highest BCUT2D eigenvalue weighted by molar-refractivity contribution is 5.60. The summed E-state index contributed by atoms with van der Waals surface area (Å²) in [5.41, 5.74) is 1.93. The van der Waals surface area contributed by atoms with E-state index in [2.05, 4.69) is 25.6 Å². The summed E-state index contributed by atoms with van der Waals surface area (Å²) < 4.78 is 11.1. The van der Waals surface area contributed by atoms with Crippen molar-refractivity contribution in [1.29, 1.82) is 0 Å². The van der Waals surface area contributed by atoms with Crippen LogP contribution in [0.2, 0.25) is 0 Å². The molecule has 3 aromatic rings. The van der Waals surface area contributed by atoms with Crippen molar-refractivity contribution in [2.45, 2.75) is 6.54 Å². The van der Waals surface area contributed by atoms with Crippen LogP contribution in [0.15, 0.2) is 55.0 Å². The summed E-state index contributed by atoms with van der Waals surface area (Å²) in [5, 5.41) is 6.44. The molecule has 0 unspecified atom stereocenters. The third-order valence-corrected chi connectivity index (χ3v) is 3.65. The second kappa shape index (κ2) is 7.04. The fourth-order valence-corrected chi connectivity index (χ4v) is 2.46. The van der Waals surface area contributed by atoms with E-state index in [0.29, 0.717) is 25.7 Å². The molecule has 0 radical (unpaired) electrons. The normalized spacial score (nSPS) is 12.5. The van der Waals surface area contributed by atoms with Crippen LogP contribution in [0.3, 0.4) is 0 Å². The van der Waals surface area contributed by atoms with Gasteiger partial charge in [0.25, 0.3) is 0 Å². The molecule has 0 spiro atoms. The summed E-state index contributed by atoms with van der Waals surface area (Å²) in [4.78, 5) is 12.8. The summed E-state index contributed by atoms with van der Waals surface area (Å²) in [6, 6.07) is 11.4. The van der Waals surface area contributed by atoms with Gasteiger partial charge in [-0.25, -0.2) is 4.98 Å². The number of hydrogen-bond acceptors (Lipinski definition) is 7. The topological polar surface area (TPSA) is 81.2 Å². The second-order valence-electron chi connectivity index (χ2n) is 5.46. The predicted octanol–water partition coefficient (Wildman–Crippen LogP) is 3.00. The lowest BCUT2D eigenvalue weighted by Crippen LogP contribution is -2.15. The van der Waals surface area contributed by atoms with E-state index in [9.17, 15) is 0 Å². The molecule has 2 N–H and O–H groups in total. The molecular formula is C18H17N5O2. The Bertz CT molecular complexity index is 857. The maximum absolute atomic E-state index is 5.59. The minimum Gasteiger partial charge on any atom is -0.486 e. The highest BCUT2D eigenvalue weighted by Crippen LogP contribution is 2.33. The second-order valence-corrected chi connectivity index (χ2v) is 5.46. The monoisotopic (exact) mass is 335 g/mol. The Morgan fingerprint density at radius 3 is 2.80 bits per heavy atom. The van der Waals surface area contributed by atoms with Crippen molar-refractivity contribution in [3.8, 4) is 11.5 Å². The first-order valence-electron chi connectivity index (χ1n) is 7.99. The van der Waals surface area contributed by atoms with Crippen molar-refractivity contribution in [1.82, 2.24) is 15.0 Å². The van der Waals surface area contributed by atoms with Gasteiger partial charge in [0.1, 0.15) is 19.0 Å². The van der Waals surface area contributed by atoms with Crippen molar-refractivity contribution in [2.24, 2.45) is 0 Å². The molecule has 1 aliphatic heterocycles. The Morgan fingerprint density at radius 1 is 1.00 bits per heavy atom. The van der Waals surface area contributed by atoms with Gasteiger partial charge in [-0.1, -0.05) is 6.07 Å². The minimum absolute atomic E-state index is 0.507. The highest BCUT2D eigenvalue weighted by atomic mass is 16.6. The molecule has 0 aliphatic carbocycles. The Morgan fingerprint density at radius 2 is 1.92 bits per heavy atom. The predicted molar refractivity (Wildman–Crippen MR) is 94.3 cm³/mol. The average molecular weight is 335 g/mol. The summed E-state index contributed by atoms with van der Waals surface area (Å²) in [7, 11) is 0. The number of anilines is 3. The molecule has 0 saturated heterocycles. The van der Waals surface area contributed by atoms with Gasteiger partial charge >= 0.3 is 0 Å². The van der Waals surface area contributed by atoms with Crippen molar-refractivity contribution in [3.63, 3.8) is 0 Å². The first-order valence-corrected chi connectivity index (χ1v) is 7.99. The molecule has 2 aromatic heterocycles. The SMILES string of the molecule is c1cncc(CNc2ccnc(Nc3ccc4c(c3)OCCO4)n2)c1. The molecule has 7 heteroatoms. The van der Waals surface area contributed by atoms with Gasteiger partial charge < -0.3 is 20.1 Å². The lowest BCUT2D eigenvalue weighted by molar-refractivity contribution is 0.171. The largest absolute Gasteiger partial charge is 0.486 e. The fourth-order valence-electron chi connectivity index (χ4n) is 2.46. The van der Waals surface area contributed by atoms with Crippen LogP contribution in [0.25, 0.3) is 0 Å². The summed E-state index contributed by atoms with van der Waals surface area (Å²) in [6.07, 6.45) is 5.28. The van der Waals surface area contributed by atoms with Gasteiger partial charge in [-0.05, 0) is 29.8 Å². The van der Waals surface area contributed by atoms with Gasteiger partial charge in [-0.15, -0.1) is 0 Å². The number of aromatic nitrogens is 3. The fraction of sp³-hybridized carbons (Fsp3) is 0.167. The molecule has 25 heavy (non-hydrogen) atoms. The highest BCUT2D eigenvalue weighted by Gasteiger charge is 2.12. The van der Waals surface area contributed by atoms with Crippen LogP contribution < -0.4 is 20.1 Å². The third kappa shape index (κ3) is 3.77. The molecule has 3 heterocycles. The molecule has 0 bridgehead atoms. The number of nitrogens with one attached hydrogen (secondary N) is 2. The summed E-state index contributed by atoms with van der Waals surface area (Å²) in [6.45, 7) is 1.78. The number of benzene rings is 1. The van der Waals surface area contributed by atoms with E-state index < -0.39 is 0 Å². The summed E-state index contributed by atoms with van der Waals surface area (Å²) >= 11 is 0. The van der Waals surface area contributed by atoms with E-state index in [-0.39, 0.29) is 0 Å². The maximum Gasteiger partial charge on any atom is 0.229 e. The number of hydrogen-bond donors (Lipinski definition) is 2. The van der Waals surface area contributed by atoms with Gasteiger partial charge in [-0.2, -0.15) is 4.98 Å². The van der Waals surface area contributed by atoms with Gasteiger partial charge in [0, 0.05) is 36.9 Å². The van der Waals surface area contributed by atoms with Crippen LogP contribution in [-0.4, -0.2) is 28.2 Å². The van der Waals surface area contributed by atoms with Gasteiger partial charge in [0.05, 0.1) is 0 Å². The number of nitrogens with zero attached hydrogens (tertiary/aromatic N) is 3. The molecule has 1 aliphatic rings. The van der Waals surface area contributed by atoms with Crippen LogP contribution in [0.1, 0.15) is 5.56 Å². The number of rotatable bonds is 5. The van der Waals surface area contributed by atoms with Gasteiger partial charge in [0.2, 0.25) is 5.95 Å². The Balaban J connectivity index is 1.44. The zero-order valence-electron chi connectivity index (χ0n) is 13.5. The smallest absolute Gasteiger partial charge is 0.229 e. The molecular weight excluding hydrogens is 318 g/mol. The lowest BCUT2D eigenvalue weighted by Gasteiger charge is -2.19. The quantitative estimate of drug-likeness (QED) is 0.742. The van der Waals surface area contributed by atoms with E-state index in [4.69, 9.17) is 9.47 Å². The zero-order chi connectivity index (χ0) is 16.9. The van der Waals surface area contributed by atoms with E-state index in [0.717, 1.165) is 28.6 Å². The molecule has 7 nitrogen and oxygen atoms in total. The molecule has 0 saturated carbocycles. The van der Waals surface area contributed by atoms with Crippen LogP contribution in [0.5, 0.6) is 11.5 Å². The lowest BCUT2D eigenvalue weighted by atomic mass is 10.2. The van der Waals surface area contributed by atoms with Crippen LogP contribution in [0, 0.1) is 0 Å². The minimum atomic E-state index is 0.507. The van der Waals surface area contributed by atoms with E-state index in [1.54, 1.807) is 12.4 Å². The first-order chi connectivity index (χ1) is 12.4. The van der Waals surface area contributed by atoms with Crippen molar-refractivity contribution >= 4 is 17.5 Å². The van der Waals surface area contributed by atoms with Crippen molar-refractivity contribution in [3.05, 3.63) is 60.6 Å². The van der Waals surface area contributed by atoms with Crippen molar-refractivity contribution < 1.29 is 9.47 Å². The molecule has 4 rings (SSSR count). The molecule has 0 atom stereocenters. The first kappa shape index (κ1) is 15.2. The molecule has 0 amide bonds. The Kier molecular flexibility index (Phi) is 4.28. The molecule has 0 fully saturated rings. The zero-order valence-corrected chi connectivity index (χ0v) is 13.5. The number of ether oxygens (including phenoxy) is 2. The summed E-state index contributed by atoms with van der Waals surface area (Å²) in [5.74, 6) is 2.72. The van der Waals surface area contributed by atoms with Gasteiger partial charge in [-0.3, -0.25) is 4.98 Å². The Hall–Kier alpha value is -3.35. The maximum atomic E-state index is 5.59. The standard InChI is InChI=1S/C18H17N5O2/c1-2-13(11-19-6-1)12-21-17-5-7-20-18(23-17)22-14-3-4-15-16(10-14)25-9-8-24-15/h1-7,10-11H,8-9,12H2,(H2,20,21,22,23).